The Morgan fingerprint density at radius 3 is 2.48 bits per heavy atom. The lowest BCUT2D eigenvalue weighted by molar-refractivity contribution is -0.118. The third-order valence-corrected chi connectivity index (χ3v) is 6.15. The summed E-state index contributed by atoms with van der Waals surface area (Å²) in [5.74, 6) is -0.460. The first-order valence-electron chi connectivity index (χ1n) is 8.73. The Hall–Kier alpha value is -2.45. The minimum absolute atomic E-state index is 0.154. The van der Waals surface area contributed by atoms with Crippen molar-refractivity contribution in [2.24, 2.45) is 0 Å². The third kappa shape index (κ3) is 5.05. The van der Waals surface area contributed by atoms with E-state index in [0.717, 1.165) is 19.3 Å². The lowest BCUT2D eigenvalue weighted by Crippen LogP contribution is -2.35. The average Bonchev–Trinajstić information content (AvgIpc) is 2.68. The molecule has 8 heteroatoms. The highest BCUT2D eigenvalue weighted by molar-refractivity contribution is 7.89. The van der Waals surface area contributed by atoms with Gasteiger partial charge < -0.3 is 10.1 Å². The van der Waals surface area contributed by atoms with Crippen LogP contribution in [0.2, 0.25) is 0 Å². The molecule has 27 heavy (non-hydrogen) atoms. The molecule has 2 aromatic rings. The van der Waals surface area contributed by atoms with E-state index in [4.69, 9.17) is 4.74 Å². The molecule has 0 aromatic heterocycles. The largest absolute Gasteiger partial charge is 0.484 e. The molecule has 6 nitrogen and oxygen atoms in total. The second-order valence-electron chi connectivity index (χ2n) is 6.28. The van der Waals surface area contributed by atoms with Crippen LogP contribution in [0.3, 0.4) is 0 Å². The van der Waals surface area contributed by atoms with Gasteiger partial charge in [0.15, 0.2) is 6.61 Å². The van der Waals surface area contributed by atoms with E-state index in [1.807, 2.05) is 0 Å². The fraction of sp³-hybridized carbons (Fsp3) is 0.316. The van der Waals surface area contributed by atoms with E-state index in [1.54, 1.807) is 12.1 Å². The molecule has 1 heterocycles. The van der Waals surface area contributed by atoms with Crippen LogP contribution < -0.4 is 10.1 Å². The van der Waals surface area contributed by atoms with Crippen LogP contribution in [0.1, 0.15) is 19.3 Å². The van der Waals surface area contributed by atoms with Crippen molar-refractivity contribution in [2.45, 2.75) is 24.2 Å². The van der Waals surface area contributed by atoms with E-state index < -0.39 is 21.7 Å². The summed E-state index contributed by atoms with van der Waals surface area (Å²) in [6, 6.07) is 11.5. The number of anilines is 1. The Labute approximate surface area is 158 Å². The first-order chi connectivity index (χ1) is 12.9. The molecular formula is C19H21FN2O4S. The molecule has 144 valence electrons. The molecular weight excluding hydrogens is 371 g/mol. The summed E-state index contributed by atoms with van der Waals surface area (Å²) in [4.78, 5) is 12.2. The number of carbonyl (C=O) groups is 1. The molecule has 1 aliphatic rings. The Kier molecular flexibility index (Phi) is 6.08. The van der Waals surface area contributed by atoms with Crippen molar-refractivity contribution in [3.63, 3.8) is 0 Å². The molecule has 0 unspecified atom stereocenters. The van der Waals surface area contributed by atoms with Gasteiger partial charge in [0.05, 0.1) is 4.90 Å². The topological polar surface area (TPSA) is 75.7 Å². The maximum absolute atomic E-state index is 12.9. The predicted molar refractivity (Wildman–Crippen MR) is 99.6 cm³/mol. The SMILES string of the molecule is O=C(COc1ccc(F)cc1)Nc1cccc(S(=O)(=O)N2CCCCC2)c1. The third-order valence-electron chi connectivity index (χ3n) is 4.25. The molecule has 1 N–H and O–H groups in total. The molecule has 1 aliphatic heterocycles. The van der Waals surface area contributed by atoms with E-state index in [9.17, 15) is 17.6 Å². The number of benzene rings is 2. The molecule has 0 bridgehead atoms. The summed E-state index contributed by atoms with van der Waals surface area (Å²) >= 11 is 0. The summed E-state index contributed by atoms with van der Waals surface area (Å²) < 4.78 is 45.1. The van der Waals surface area contributed by atoms with Gasteiger partial charge in [-0.2, -0.15) is 4.31 Å². The zero-order valence-corrected chi connectivity index (χ0v) is 15.5. The zero-order chi connectivity index (χ0) is 19.3. The fourth-order valence-electron chi connectivity index (χ4n) is 2.87. The first-order valence-corrected chi connectivity index (χ1v) is 10.2. The lowest BCUT2D eigenvalue weighted by atomic mass is 10.2. The van der Waals surface area contributed by atoms with Crippen LogP contribution >= 0.6 is 0 Å². The number of carbonyl (C=O) groups excluding carboxylic acids is 1. The maximum atomic E-state index is 12.9. The van der Waals surface area contributed by atoms with E-state index in [-0.39, 0.29) is 11.5 Å². The molecule has 2 aromatic carbocycles. The number of piperidine rings is 1. The number of rotatable bonds is 6. The maximum Gasteiger partial charge on any atom is 0.262 e. The lowest BCUT2D eigenvalue weighted by Gasteiger charge is -2.26. The monoisotopic (exact) mass is 392 g/mol. The Morgan fingerprint density at radius 2 is 1.78 bits per heavy atom. The minimum Gasteiger partial charge on any atom is -0.484 e. The van der Waals surface area contributed by atoms with Gasteiger partial charge in [-0.05, 0) is 55.3 Å². The van der Waals surface area contributed by atoms with Gasteiger partial charge in [0.25, 0.3) is 5.91 Å². The van der Waals surface area contributed by atoms with Gasteiger partial charge in [-0.3, -0.25) is 4.79 Å². The minimum atomic E-state index is -3.56. The van der Waals surface area contributed by atoms with Crippen LogP contribution in [0.4, 0.5) is 10.1 Å². The van der Waals surface area contributed by atoms with Gasteiger partial charge in [0.1, 0.15) is 11.6 Å². The summed E-state index contributed by atoms with van der Waals surface area (Å²) in [6.45, 7) is 0.767. The van der Waals surface area contributed by atoms with Crippen molar-refractivity contribution in [3.8, 4) is 5.75 Å². The van der Waals surface area contributed by atoms with Gasteiger partial charge in [-0.15, -0.1) is 0 Å². The molecule has 0 saturated carbocycles. The highest BCUT2D eigenvalue weighted by Crippen LogP contribution is 2.23. The van der Waals surface area contributed by atoms with Crippen molar-refractivity contribution in [2.75, 3.05) is 25.0 Å². The van der Waals surface area contributed by atoms with Crippen molar-refractivity contribution in [1.29, 1.82) is 0 Å². The van der Waals surface area contributed by atoms with Crippen LogP contribution in [0, 0.1) is 5.82 Å². The number of sulfonamides is 1. The van der Waals surface area contributed by atoms with Crippen molar-refractivity contribution >= 4 is 21.6 Å². The van der Waals surface area contributed by atoms with Gasteiger partial charge in [0, 0.05) is 18.8 Å². The van der Waals surface area contributed by atoms with Crippen LogP contribution in [-0.2, 0) is 14.8 Å². The first kappa shape index (κ1) is 19.3. The van der Waals surface area contributed by atoms with Crippen LogP contribution in [0.5, 0.6) is 5.75 Å². The second-order valence-corrected chi connectivity index (χ2v) is 8.22. The number of halogens is 1. The number of nitrogens with zero attached hydrogens (tertiary/aromatic N) is 1. The summed E-state index contributed by atoms with van der Waals surface area (Å²) in [7, 11) is -3.56. The quantitative estimate of drug-likeness (QED) is 0.820. The van der Waals surface area contributed by atoms with E-state index >= 15 is 0 Å². The van der Waals surface area contributed by atoms with Crippen molar-refractivity contribution < 1.29 is 22.3 Å². The molecule has 1 fully saturated rings. The fourth-order valence-corrected chi connectivity index (χ4v) is 4.43. The summed E-state index contributed by atoms with van der Waals surface area (Å²) in [6.07, 6.45) is 2.75. The van der Waals surface area contributed by atoms with Crippen molar-refractivity contribution in [3.05, 3.63) is 54.3 Å². The molecule has 1 amide bonds. The Bertz CT molecular complexity index is 894. The standard InChI is InChI=1S/C19H21FN2O4S/c20-15-7-9-17(10-8-15)26-14-19(23)21-16-5-4-6-18(13-16)27(24,25)22-11-2-1-3-12-22/h4-10,13H,1-3,11-12,14H2,(H,21,23). The van der Waals surface area contributed by atoms with Gasteiger partial charge in [-0.1, -0.05) is 12.5 Å². The van der Waals surface area contributed by atoms with E-state index in [0.29, 0.717) is 24.5 Å². The molecule has 0 radical (unpaired) electrons. The van der Waals surface area contributed by atoms with Crippen LogP contribution in [0.15, 0.2) is 53.4 Å². The second kappa shape index (κ2) is 8.49. The van der Waals surface area contributed by atoms with E-state index in [2.05, 4.69) is 5.32 Å². The number of ether oxygens (including phenoxy) is 1. The Morgan fingerprint density at radius 1 is 1.07 bits per heavy atom. The Balaban J connectivity index is 1.63. The zero-order valence-electron chi connectivity index (χ0n) is 14.7. The van der Waals surface area contributed by atoms with Crippen LogP contribution in [-0.4, -0.2) is 38.3 Å². The normalized spacial score (nSPS) is 15.3. The van der Waals surface area contributed by atoms with Gasteiger partial charge >= 0.3 is 0 Å². The smallest absolute Gasteiger partial charge is 0.262 e. The molecule has 0 spiro atoms. The van der Waals surface area contributed by atoms with Crippen LogP contribution in [0.25, 0.3) is 0 Å². The average molecular weight is 392 g/mol. The van der Waals surface area contributed by atoms with E-state index in [1.165, 1.54) is 40.7 Å². The van der Waals surface area contributed by atoms with Crippen molar-refractivity contribution in [1.82, 2.24) is 4.31 Å². The highest BCUT2D eigenvalue weighted by atomic mass is 32.2. The molecule has 1 saturated heterocycles. The predicted octanol–water partition coefficient (Wildman–Crippen LogP) is 3.02. The number of hydrogen-bond donors (Lipinski definition) is 1. The highest BCUT2D eigenvalue weighted by Gasteiger charge is 2.26. The number of amides is 1. The van der Waals surface area contributed by atoms with Gasteiger partial charge in [0.2, 0.25) is 10.0 Å². The molecule has 3 rings (SSSR count). The number of nitrogens with one attached hydrogen (secondary N) is 1. The number of hydrogen-bond acceptors (Lipinski definition) is 4. The summed E-state index contributed by atoms with van der Waals surface area (Å²) in [5, 5.41) is 2.62. The van der Waals surface area contributed by atoms with Gasteiger partial charge in [-0.25, -0.2) is 12.8 Å². The summed E-state index contributed by atoms with van der Waals surface area (Å²) in [5.41, 5.74) is 0.376. The molecule has 0 aliphatic carbocycles. The molecule has 0 atom stereocenters.